The van der Waals surface area contributed by atoms with Gasteiger partial charge in [0, 0.05) is 16.3 Å². The Morgan fingerprint density at radius 3 is 2.07 bits per heavy atom. The van der Waals surface area contributed by atoms with Gasteiger partial charge in [-0.25, -0.2) is 8.42 Å². The fourth-order valence-electron chi connectivity index (χ4n) is 2.74. The minimum atomic E-state index is -3.73. The Bertz CT molecular complexity index is 1090. The van der Waals surface area contributed by atoms with Gasteiger partial charge < -0.3 is 5.32 Å². The number of aryl methyl sites for hydroxylation is 1. The zero-order valence-electron chi connectivity index (χ0n) is 16.0. The summed E-state index contributed by atoms with van der Waals surface area (Å²) in [5.74, 6) is -0.231. The van der Waals surface area contributed by atoms with E-state index in [-0.39, 0.29) is 16.8 Å². The van der Waals surface area contributed by atoms with E-state index in [1.165, 1.54) is 24.3 Å². The lowest BCUT2D eigenvalue weighted by Gasteiger charge is -2.15. The first-order valence-corrected chi connectivity index (χ1v) is 10.9. The number of nitrogens with one attached hydrogen (secondary N) is 2. The van der Waals surface area contributed by atoms with E-state index in [9.17, 15) is 13.2 Å². The molecule has 0 bridgehead atoms. The fourth-order valence-corrected chi connectivity index (χ4v) is 3.92. The summed E-state index contributed by atoms with van der Waals surface area (Å²) in [7, 11) is -3.73. The number of amides is 1. The molecule has 1 unspecified atom stereocenters. The number of halogens is 1. The van der Waals surface area contributed by atoms with Gasteiger partial charge in [-0.1, -0.05) is 41.4 Å². The Labute approximate surface area is 175 Å². The van der Waals surface area contributed by atoms with Crippen molar-refractivity contribution in [2.24, 2.45) is 0 Å². The van der Waals surface area contributed by atoms with Crippen LogP contribution in [0, 0.1) is 6.92 Å². The molecule has 0 aliphatic carbocycles. The molecule has 0 fully saturated rings. The van der Waals surface area contributed by atoms with Crippen LogP contribution >= 0.6 is 11.6 Å². The third-order valence-corrected chi connectivity index (χ3v) is 6.10. The lowest BCUT2D eigenvalue weighted by Crippen LogP contribution is -2.26. The van der Waals surface area contributed by atoms with E-state index in [4.69, 9.17) is 11.6 Å². The van der Waals surface area contributed by atoms with Crippen LogP contribution in [0.5, 0.6) is 0 Å². The van der Waals surface area contributed by atoms with Gasteiger partial charge in [-0.2, -0.15) is 0 Å². The number of anilines is 1. The second-order valence-corrected chi connectivity index (χ2v) is 8.86. The number of carbonyl (C=O) groups excluding carboxylic acids is 1. The quantitative estimate of drug-likeness (QED) is 0.583. The van der Waals surface area contributed by atoms with E-state index >= 15 is 0 Å². The van der Waals surface area contributed by atoms with Crippen molar-refractivity contribution in [2.45, 2.75) is 24.8 Å². The SMILES string of the molecule is Cc1ccc(C(C)NC(=O)c2ccc(NS(=O)(=O)c3ccc(Cl)cc3)cc2)cc1. The Hall–Kier alpha value is -2.83. The highest BCUT2D eigenvalue weighted by Gasteiger charge is 2.15. The maximum atomic E-state index is 12.5. The number of carbonyl (C=O) groups is 1. The van der Waals surface area contributed by atoms with Gasteiger partial charge >= 0.3 is 0 Å². The highest BCUT2D eigenvalue weighted by atomic mass is 35.5. The van der Waals surface area contributed by atoms with Gasteiger partial charge in [0.05, 0.1) is 10.9 Å². The summed E-state index contributed by atoms with van der Waals surface area (Å²) in [6, 6.07) is 20.0. The van der Waals surface area contributed by atoms with E-state index in [1.807, 2.05) is 38.1 Å². The maximum Gasteiger partial charge on any atom is 0.261 e. The monoisotopic (exact) mass is 428 g/mol. The topological polar surface area (TPSA) is 75.3 Å². The molecule has 0 heterocycles. The van der Waals surface area contributed by atoms with Gasteiger partial charge in [0.25, 0.3) is 15.9 Å². The fraction of sp³-hybridized carbons (Fsp3) is 0.136. The van der Waals surface area contributed by atoms with Crippen LogP contribution in [0.2, 0.25) is 5.02 Å². The van der Waals surface area contributed by atoms with Crippen LogP contribution in [-0.4, -0.2) is 14.3 Å². The van der Waals surface area contributed by atoms with Crippen LogP contribution in [0.1, 0.15) is 34.5 Å². The Morgan fingerprint density at radius 2 is 1.48 bits per heavy atom. The van der Waals surface area contributed by atoms with Crippen LogP contribution in [0.25, 0.3) is 0 Å². The molecule has 3 aromatic rings. The summed E-state index contributed by atoms with van der Waals surface area (Å²) in [6.45, 7) is 3.92. The average molecular weight is 429 g/mol. The van der Waals surface area contributed by atoms with Crippen molar-refractivity contribution in [2.75, 3.05) is 4.72 Å². The standard InChI is InChI=1S/C22H21ClN2O3S/c1-15-3-5-17(6-4-15)16(2)24-22(26)18-7-11-20(12-8-18)25-29(27,28)21-13-9-19(23)10-14-21/h3-14,16,25H,1-2H3,(H,24,26). The van der Waals surface area contributed by atoms with Crippen molar-refractivity contribution in [3.63, 3.8) is 0 Å². The van der Waals surface area contributed by atoms with Crippen molar-refractivity contribution in [3.05, 3.63) is 94.5 Å². The van der Waals surface area contributed by atoms with E-state index in [2.05, 4.69) is 10.0 Å². The van der Waals surface area contributed by atoms with Gasteiger partial charge in [0.2, 0.25) is 0 Å². The summed E-state index contributed by atoms with van der Waals surface area (Å²) >= 11 is 5.80. The molecule has 150 valence electrons. The van der Waals surface area contributed by atoms with Gasteiger partial charge in [0.15, 0.2) is 0 Å². The summed E-state index contributed by atoms with van der Waals surface area (Å²) in [6.07, 6.45) is 0. The third kappa shape index (κ3) is 5.37. The molecule has 0 saturated carbocycles. The molecule has 0 aromatic heterocycles. The Morgan fingerprint density at radius 1 is 0.897 bits per heavy atom. The molecule has 3 rings (SSSR count). The minimum Gasteiger partial charge on any atom is -0.346 e. The summed E-state index contributed by atoms with van der Waals surface area (Å²) in [4.78, 5) is 12.6. The molecule has 7 heteroatoms. The molecule has 5 nitrogen and oxygen atoms in total. The largest absolute Gasteiger partial charge is 0.346 e. The predicted molar refractivity (Wildman–Crippen MR) is 116 cm³/mol. The van der Waals surface area contributed by atoms with Gasteiger partial charge in [-0.05, 0) is 67.9 Å². The lowest BCUT2D eigenvalue weighted by atomic mass is 10.1. The van der Waals surface area contributed by atoms with E-state index in [1.54, 1.807) is 24.3 Å². The normalized spacial score (nSPS) is 12.2. The van der Waals surface area contributed by atoms with Crippen LogP contribution in [0.3, 0.4) is 0 Å². The van der Waals surface area contributed by atoms with E-state index < -0.39 is 10.0 Å². The lowest BCUT2D eigenvalue weighted by molar-refractivity contribution is 0.0940. The van der Waals surface area contributed by atoms with Crippen molar-refractivity contribution < 1.29 is 13.2 Å². The van der Waals surface area contributed by atoms with Gasteiger partial charge in [0.1, 0.15) is 0 Å². The second kappa shape index (κ2) is 8.68. The third-order valence-electron chi connectivity index (χ3n) is 4.45. The van der Waals surface area contributed by atoms with Crippen molar-refractivity contribution in [3.8, 4) is 0 Å². The van der Waals surface area contributed by atoms with Crippen LogP contribution in [-0.2, 0) is 10.0 Å². The smallest absolute Gasteiger partial charge is 0.261 e. The van der Waals surface area contributed by atoms with Gasteiger partial charge in [-0.3, -0.25) is 9.52 Å². The molecule has 0 aliphatic rings. The molecule has 0 saturated heterocycles. The van der Waals surface area contributed by atoms with E-state index in [0.717, 1.165) is 11.1 Å². The highest BCUT2D eigenvalue weighted by Crippen LogP contribution is 2.19. The van der Waals surface area contributed by atoms with Crippen LogP contribution in [0.15, 0.2) is 77.7 Å². The molecule has 0 radical (unpaired) electrons. The van der Waals surface area contributed by atoms with Crippen molar-refractivity contribution >= 4 is 33.2 Å². The Balaban J connectivity index is 1.67. The maximum absolute atomic E-state index is 12.5. The molecule has 0 aliphatic heterocycles. The van der Waals surface area contributed by atoms with Crippen LogP contribution < -0.4 is 10.0 Å². The number of sulfonamides is 1. The minimum absolute atomic E-state index is 0.107. The first-order chi connectivity index (χ1) is 13.7. The average Bonchev–Trinajstić information content (AvgIpc) is 2.69. The molecule has 29 heavy (non-hydrogen) atoms. The molecular weight excluding hydrogens is 408 g/mol. The first kappa shape index (κ1) is 20.9. The first-order valence-electron chi connectivity index (χ1n) is 9.00. The van der Waals surface area contributed by atoms with Crippen molar-refractivity contribution in [1.82, 2.24) is 5.32 Å². The zero-order valence-corrected chi connectivity index (χ0v) is 17.6. The number of hydrogen-bond donors (Lipinski definition) is 2. The highest BCUT2D eigenvalue weighted by molar-refractivity contribution is 7.92. The number of hydrogen-bond acceptors (Lipinski definition) is 3. The molecular formula is C22H21ClN2O3S. The molecule has 0 spiro atoms. The number of rotatable bonds is 6. The summed E-state index contributed by atoms with van der Waals surface area (Å²) in [5, 5.41) is 3.40. The molecule has 2 N–H and O–H groups in total. The predicted octanol–water partition coefficient (Wildman–Crippen LogP) is 4.94. The zero-order chi connectivity index (χ0) is 21.0. The van der Waals surface area contributed by atoms with Crippen molar-refractivity contribution in [1.29, 1.82) is 0 Å². The Kier molecular flexibility index (Phi) is 6.25. The number of benzene rings is 3. The summed E-state index contributed by atoms with van der Waals surface area (Å²) in [5.41, 5.74) is 2.97. The van der Waals surface area contributed by atoms with Gasteiger partial charge in [-0.15, -0.1) is 0 Å². The molecule has 1 atom stereocenters. The van der Waals surface area contributed by atoms with E-state index in [0.29, 0.717) is 16.3 Å². The molecule has 1 amide bonds. The summed E-state index contributed by atoms with van der Waals surface area (Å²) < 4.78 is 27.3. The molecule has 3 aromatic carbocycles. The second-order valence-electron chi connectivity index (χ2n) is 6.74. The van der Waals surface area contributed by atoms with Crippen LogP contribution in [0.4, 0.5) is 5.69 Å².